The van der Waals surface area contributed by atoms with E-state index in [1.54, 1.807) is 7.11 Å². The first-order valence-electron chi connectivity index (χ1n) is 6.70. The van der Waals surface area contributed by atoms with E-state index < -0.39 is 0 Å². The van der Waals surface area contributed by atoms with E-state index in [-0.39, 0.29) is 11.6 Å². The molecule has 1 aliphatic carbocycles. The summed E-state index contributed by atoms with van der Waals surface area (Å²) >= 11 is 6.20. The Morgan fingerprint density at radius 3 is 2.53 bits per heavy atom. The Balaban J connectivity index is 2.15. The molecule has 1 fully saturated rings. The average molecular weight is 284 g/mol. The molecule has 4 heteroatoms. The van der Waals surface area contributed by atoms with Crippen LogP contribution in [-0.2, 0) is 4.74 Å². The molecule has 1 aromatic rings. The van der Waals surface area contributed by atoms with Gasteiger partial charge in [-0.05, 0) is 50.4 Å². The summed E-state index contributed by atoms with van der Waals surface area (Å²) in [6.45, 7) is 0. The highest BCUT2D eigenvalue weighted by Gasteiger charge is 2.39. The van der Waals surface area contributed by atoms with Crippen LogP contribution in [0, 0.1) is 0 Å². The minimum absolute atomic E-state index is 0.0417. The number of hydrogen-bond acceptors (Lipinski definition) is 3. The highest BCUT2D eigenvalue weighted by atomic mass is 35.5. The number of nitrogens with one attached hydrogen (secondary N) is 1. The minimum atomic E-state index is 0.0417. The van der Waals surface area contributed by atoms with Gasteiger partial charge in [0.05, 0.1) is 17.7 Å². The molecule has 1 saturated carbocycles. The van der Waals surface area contributed by atoms with Gasteiger partial charge in [-0.3, -0.25) is 0 Å². The Hall–Kier alpha value is -0.770. The summed E-state index contributed by atoms with van der Waals surface area (Å²) in [5.74, 6) is 0.713. The van der Waals surface area contributed by atoms with E-state index in [1.807, 2.05) is 26.3 Å². The SMILES string of the molecule is CNC(CC1(OC)CCC1)c1ccc(OC)c(Cl)c1. The highest BCUT2D eigenvalue weighted by Crippen LogP contribution is 2.42. The lowest BCUT2D eigenvalue weighted by molar-refractivity contribution is -0.0834. The molecule has 0 radical (unpaired) electrons. The molecule has 19 heavy (non-hydrogen) atoms. The van der Waals surface area contributed by atoms with Crippen LogP contribution in [-0.4, -0.2) is 26.9 Å². The van der Waals surface area contributed by atoms with E-state index in [9.17, 15) is 0 Å². The Kier molecular flexibility index (Phi) is 4.71. The molecule has 1 N–H and O–H groups in total. The largest absolute Gasteiger partial charge is 0.495 e. The third-order valence-corrected chi connectivity index (χ3v) is 4.50. The zero-order valence-corrected chi connectivity index (χ0v) is 12.6. The van der Waals surface area contributed by atoms with Gasteiger partial charge in [-0.25, -0.2) is 0 Å². The second-order valence-electron chi connectivity index (χ2n) is 5.18. The lowest BCUT2D eigenvalue weighted by atomic mass is 9.74. The Labute approximate surface area is 120 Å². The number of halogens is 1. The van der Waals surface area contributed by atoms with Gasteiger partial charge >= 0.3 is 0 Å². The van der Waals surface area contributed by atoms with Crippen molar-refractivity contribution >= 4 is 11.6 Å². The van der Waals surface area contributed by atoms with Crippen LogP contribution < -0.4 is 10.1 Å². The fraction of sp³-hybridized carbons (Fsp3) is 0.600. The number of hydrogen-bond donors (Lipinski definition) is 1. The van der Waals surface area contributed by atoms with Gasteiger partial charge in [-0.15, -0.1) is 0 Å². The summed E-state index contributed by atoms with van der Waals surface area (Å²) in [4.78, 5) is 0. The second-order valence-corrected chi connectivity index (χ2v) is 5.59. The summed E-state index contributed by atoms with van der Waals surface area (Å²) in [6, 6.07) is 6.21. The zero-order chi connectivity index (χ0) is 13.9. The van der Waals surface area contributed by atoms with Crippen LogP contribution in [0.3, 0.4) is 0 Å². The molecule has 0 bridgehead atoms. The summed E-state index contributed by atoms with van der Waals surface area (Å²) in [7, 11) is 5.42. The second kappa shape index (κ2) is 6.12. The molecule has 0 saturated heterocycles. The topological polar surface area (TPSA) is 30.5 Å². The molecule has 1 aliphatic rings. The molecule has 2 rings (SSSR count). The third kappa shape index (κ3) is 3.04. The van der Waals surface area contributed by atoms with Crippen molar-refractivity contribution in [1.82, 2.24) is 5.32 Å². The molecular formula is C15H22ClNO2. The first kappa shape index (κ1) is 14.6. The summed E-state index contributed by atoms with van der Waals surface area (Å²) in [5, 5.41) is 4.01. The Morgan fingerprint density at radius 1 is 1.37 bits per heavy atom. The van der Waals surface area contributed by atoms with E-state index in [2.05, 4.69) is 11.4 Å². The maximum atomic E-state index is 6.20. The minimum Gasteiger partial charge on any atom is -0.495 e. The fourth-order valence-corrected chi connectivity index (χ4v) is 2.99. The van der Waals surface area contributed by atoms with Gasteiger partial charge in [0, 0.05) is 13.2 Å². The molecule has 1 atom stereocenters. The third-order valence-electron chi connectivity index (χ3n) is 4.20. The van der Waals surface area contributed by atoms with E-state index in [1.165, 1.54) is 12.0 Å². The van der Waals surface area contributed by atoms with Crippen molar-refractivity contribution in [3.8, 4) is 5.75 Å². The summed E-state index contributed by atoms with van der Waals surface area (Å²) < 4.78 is 10.9. The van der Waals surface area contributed by atoms with Crippen LogP contribution >= 0.6 is 11.6 Å². The number of methoxy groups -OCH3 is 2. The van der Waals surface area contributed by atoms with Gasteiger partial charge in [0.25, 0.3) is 0 Å². The smallest absolute Gasteiger partial charge is 0.137 e. The van der Waals surface area contributed by atoms with Crippen molar-refractivity contribution in [1.29, 1.82) is 0 Å². The van der Waals surface area contributed by atoms with E-state index >= 15 is 0 Å². The molecule has 106 valence electrons. The number of ether oxygens (including phenoxy) is 2. The van der Waals surface area contributed by atoms with E-state index in [0.717, 1.165) is 19.3 Å². The first-order chi connectivity index (χ1) is 9.14. The predicted octanol–water partition coefficient (Wildman–Crippen LogP) is 3.57. The van der Waals surface area contributed by atoms with Gasteiger partial charge in [0.2, 0.25) is 0 Å². The highest BCUT2D eigenvalue weighted by molar-refractivity contribution is 6.32. The predicted molar refractivity (Wildman–Crippen MR) is 78.0 cm³/mol. The van der Waals surface area contributed by atoms with Crippen LogP contribution in [0.2, 0.25) is 5.02 Å². The lowest BCUT2D eigenvalue weighted by Gasteiger charge is -2.43. The van der Waals surface area contributed by atoms with Crippen molar-refractivity contribution in [3.05, 3.63) is 28.8 Å². The zero-order valence-electron chi connectivity index (χ0n) is 11.8. The fourth-order valence-electron chi connectivity index (χ4n) is 2.72. The first-order valence-corrected chi connectivity index (χ1v) is 7.08. The van der Waals surface area contributed by atoms with E-state index in [4.69, 9.17) is 21.1 Å². The number of benzene rings is 1. The van der Waals surface area contributed by atoms with Gasteiger partial charge in [-0.2, -0.15) is 0 Å². The maximum Gasteiger partial charge on any atom is 0.137 e. The lowest BCUT2D eigenvalue weighted by Crippen LogP contribution is -2.42. The Bertz CT molecular complexity index is 427. The maximum absolute atomic E-state index is 6.20. The summed E-state index contributed by atoms with van der Waals surface area (Å²) in [5.41, 5.74) is 1.22. The van der Waals surface area contributed by atoms with Crippen molar-refractivity contribution in [2.45, 2.75) is 37.3 Å². The molecule has 0 amide bonds. The van der Waals surface area contributed by atoms with Gasteiger partial charge in [0.15, 0.2) is 0 Å². The molecule has 0 aromatic heterocycles. The molecular weight excluding hydrogens is 262 g/mol. The molecule has 0 aliphatic heterocycles. The van der Waals surface area contributed by atoms with Crippen LogP contribution in [0.25, 0.3) is 0 Å². The van der Waals surface area contributed by atoms with Crippen molar-refractivity contribution < 1.29 is 9.47 Å². The van der Waals surface area contributed by atoms with Gasteiger partial charge in [-0.1, -0.05) is 17.7 Å². The molecule has 1 aromatic carbocycles. The molecule has 0 heterocycles. The standard InChI is InChI=1S/C15H22ClNO2/c1-17-13(10-15(19-3)7-4-8-15)11-5-6-14(18-2)12(16)9-11/h5-6,9,13,17H,4,7-8,10H2,1-3H3. The normalized spacial score (nSPS) is 18.7. The Morgan fingerprint density at radius 2 is 2.11 bits per heavy atom. The molecule has 0 spiro atoms. The van der Waals surface area contributed by atoms with Gasteiger partial charge < -0.3 is 14.8 Å². The quantitative estimate of drug-likeness (QED) is 0.866. The van der Waals surface area contributed by atoms with Crippen LogP contribution in [0.15, 0.2) is 18.2 Å². The van der Waals surface area contributed by atoms with Crippen LogP contribution in [0.1, 0.15) is 37.3 Å². The average Bonchev–Trinajstić information content (AvgIpc) is 2.38. The van der Waals surface area contributed by atoms with Gasteiger partial charge in [0.1, 0.15) is 5.75 Å². The van der Waals surface area contributed by atoms with Crippen molar-refractivity contribution in [3.63, 3.8) is 0 Å². The van der Waals surface area contributed by atoms with Crippen LogP contribution in [0.5, 0.6) is 5.75 Å². The molecule has 1 unspecified atom stereocenters. The van der Waals surface area contributed by atoms with Crippen molar-refractivity contribution in [2.75, 3.05) is 21.3 Å². The molecule has 3 nitrogen and oxygen atoms in total. The monoisotopic (exact) mass is 283 g/mol. The van der Waals surface area contributed by atoms with E-state index in [0.29, 0.717) is 10.8 Å². The van der Waals surface area contributed by atoms with Crippen molar-refractivity contribution in [2.24, 2.45) is 0 Å². The number of rotatable bonds is 6. The van der Waals surface area contributed by atoms with Crippen LogP contribution in [0.4, 0.5) is 0 Å². The summed E-state index contributed by atoms with van der Waals surface area (Å²) in [6.07, 6.45) is 4.52.